The molecule has 0 N–H and O–H groups in total. The van der Waals surface area contributed by atoms with Gasteiger partial charge in [-0.25, -0.2) is 0 Å². The molecule has 0 amide bonds. The largest absolute Gasteiger partial charge is 0.311 e. The lowest BCUT2D eigenvalue weighted by molar-refractivity contribution is 0.568. The molecular formula is C72H72BN3. The smallest absolute Gasteiger partial charge is 0.252 e. The van der Waals surface area contributed by atoms with Crippen molar-refractivity contribution in [2.75, 3.05) is 9.80 Å². The number of hydrogen-bond donors (Lipinski definition) is 0. The molecule has 4 heteroatoms. The molecule has 3 heterocycles. The molecule has 0 aliphatic carbocycles. The van der Waals surface area contributed by atoms with Gasteiger partial charge in [-0.15, -0.1) is 0 Å². The first-order valence-corrected chi connectivity index (χ1v) is 27.5. The highest BCUT2D eigenvalue weighted by molar-refractivity contribution is 7.00. The van der Waals surface area contributed by atoms with Gasteiger partial charge in [0.25, 0.3) is 6.71 Å². The van der Waals surface area contributed by atoms with Gasteiger partial charge in [0.05, 0.1) is 16.7 Å². The summed E-state index contributed by atoms with van der Waals surface area (Å²) in [7, 11) is 0. The maximum absolute atomic E-state index is 2.64. The van der Waals surface area contributed by atoms with Crippen LogP contribution in [0, 0.1) is 13.8 Å². The van der Waals surface area contributed by atoms with Gasteiger partial charge in [0, 0.05) is 44.9 Å². The van der Waals surface area contributed by atoms with Crippen LogP contribution in [0.15, 0.2) is 182 Å². The molecule has 3 nitrogen and oxygen atoms in total. The SMILES string of the molecule is Cc1ccc2c(c1)c1cc(C)ccc1n2-c1cc2c3c(c1)N(c1cc(C(C)(C)C)cc(C(C)(C)C)c1)c1ccc(-c4ccccc4)cc1B3c1cc(-c3ccccc3)ccc1N2c1cc(C(C)(C)C)cc(C(C)(C)C)c1. The zero-order valence-corrected chi connectivity index (χ0v) is 47.2. The van der Waals surface area contributed by atoms with Crippen molar-refractivity contribution in [3.63, 3.8) is 0 Å². The highest BCUT2D eigenvalue weighted by Gasteiger charge is 2.45. The van der Waals surface area contributed by atoms with Crippen molar-refractivity contribution in [3.05, 3.63) is 215 Å². The summed E-state index contributed by atoms with van der Waals surface area (Å²) in [6.07, 6.45) is 0. The van der Waals surface area contributed by atoms with E-state index in [0.717, 1.165) is 5.69 Å². The zero-order chi connectivity index (χ0) is 53.4. The van der Waals surface area contributed by atoms with Gasteiger partial charge in [-0.05, 0) is 169 Å². The first kappa shape index (κ1) is 49.3. The van der Waals surface area contributed by atoms with E-state index in [0.29, 0.717) is 0 Å². The highest BCUT2D eigenvalue weighted by Crippen LogP contribution is 2.49. The van der Waals surface area contributed by atoms with Gasteiger partial charge in [-0.2, -0.15) is 0 Å². The molecule has 0 radical (unpaired) electrons. The van der Waals surface area contributed by atoms with E-state index in [2.05, 4.69) is 293 Å². The van der Waals surface area contributed by atoms with Crippen LogP contribution in [0.3, 0.4) is 0 Å². The summed E-state index contributed by atoms with van der Waals surface area (Å²) < 4.78 is 2.55. The molecule has 76 heavy (non-hydrogen) atoms. The summed E-state index contributed by atoms with van der Waals surface area (Å²) in [5.74, 6) is 0. The van der Waals surface area contributed by atoms with E-state index in [1.54, 1.807) is 0 Å². The molecule has 0 spiro atoms. The normalized spacial score (nSPS) is 13.6. The summed E-state index contributed by atoms with van der Waals surface area (Å²) in [4.78, 5) is 5.29. The number of benzene rings is 9. The Morgan fingerprint density at radius 3 is 1.04 bits per heavy atom. The molecule has 0 saturated carbocycles. The number of anilines is 6. The molecule has 2 aliphatic rings. The lowest BCUT2D eigenvalue weighted by Gasteiger charge is -2.45. The summed E-state index contributed by atoms with van der Waals surface area (Å²) >= 11 is 0. The van der Waals surface area contributed by atoms with Crippen LogP contribution in [-0.4, -0.2) is 11.3 Å². The fraction of sp³-hybridized carbons (Fsp3) is 0.250. The number of aryl methyl sites for hydroxylation is 2. The van der Waals surface area contributed by atoms with Crippen LogP contribution >= 0.6 is 0 Å². The van der Waals surface area contributed by atoms with Crippen LogP contribution in [0.4, 0.5) is 34.1 Å². The molecule has 0 unspecified atom stereocenters. The Bertz CT molecular complexity index is 3630. The average molecular weight is 990 g/mol. The van der Waals surface area contributed by atoms with Gasteiger partial charge < -0.3 is 14.4 Å². The molecule has 0 saturated heterocycles. The van der Waals surface area contributed by atoms with E-state index in [1.807, 2.05) is 0 Å². The van der Waals surface area contributed by atoms with Crippen LogP contribution in [0.5, 0.6) is 0 Å². The van der Waals surface area contributed by atoms with Gasteiger partial charge in [0.1, 0.15) is 0 Å². The second-order valence-corrected chi connectivity index (χ2v) is 26.2. The van der Waals surface area contributed by atoms with Crippen molar-refractivity contribution >= 4 is 79.0 Å². The van der Waals surface area contributed by atoms with Crippen LogP contribution in [-0.2, 0) is 21.7 Å². The Morgan fingerprint density at radius 2 is 0.684 bits per heavy atom. The van der Waals surface area contributed by atoms with E-state index < -0.39 is 0 Å². The summed E-state index contributed by atoms with van der Waals surface area (Å²) in [5, 5.41) is 2.55. The van der Waals surface area contributed by atoms with Gasteiger partial charge >= 0.3 is 0 Å². The fourth-order valence-electron chi connectivity index (χ4n) is 12.0. The number of hydrogen-bond acceptors (Lipinski definition) is 2. The molecule has 10 aromatic rings. The molecule has 0 fully saturated rings. The lowest BCUT2D eigenvalue weighted by Crippen LogP contribution is -2.61. The predicted molar refractivity (Wildman–Crippen MR) is 330 cm³/mol. The molecule has 378 valence electrons. The van der Waals surface area contributed by atoms with E-state index in [4.69, 9.17) is 0 Å². The monoisotopic (exact) mass is 990 g/mol. The van der Waals surface area contributed by atoms with E-state index in [1.165, 1.54) is 128 Å². The quantitative estimate of drug-likeness (QED) is 0.159. The van der Waals surface area contributed by atoms with E-state index in [9.17, 15) is 0 Å². The first-order chi connectivity index (χ1) is 36.0. The zero-order valence-electron chi connectivity index (χ0n) is 47.2. The molecule has 2 aliphatic heterocycles. The van der Waals surface area contributed by atoms with Gasteiger partial charge in [0.15, 0.2) is 0 Å². The van der Waals surface area contributed by atoms with Crippen molar-refractivity contribution < 1.29 is 0 Å². The Balaban J connectivity index is 1.28. The van der Waals surface area contributed by atoms with Gasteiger partial charge in [-0.1, -0.05) is 203 Å². The third-order valence-corrected chi connectivity index (χ3v) is 16.4. The topological polar surface area (TPSA) is 11.4 Å². The molecule has 0 bridgehead atoms. The van der Waals surface area contributed by atoms with Crippen LogP contribution < -0.4 is 26.2 Å². The summed E-state index contributed by atoms with van der Waals surface area (Å²) in [6.45, 7) is 32.6. The van der Waals surface area contributed by atoms with Crippen molar-refractivity contribution in [2.24, 2.45) is 0 Å². The minimum absolute atomic E-state index is 0.0960. The van der Waals surface area contributed by atoms with Crippen LogP contribution in [0.1, 0.15) is 116 Å². The number of aromatic nitrogens is 1. The van der Waals surface area contributed by atoms with Crippen LogP contribution in [0.25, 0.3) is 49.7 Å². The maximum Gasteiger partial charge on any atom is 0.252 e. The molecular weight excluding hydrogens is 918 g/mol. The Labute approximate surface area is 453 Å². The first-order valence-electron chi connectivity index (χ1n) is 27.5. The third kappa shape index (κ3) is 8.37. The van der Waals surface area contributed by atoms with Crippen molar-refractivity contribution in [1.29, 1.82) is 0 Å². The summed E-state index contributed by atoms with van der Waals surface area (Å²) in [6, 6.07) is 70.5. The van der Waals surface area contributed by atoms with Gasteiger partial charge in [-0.3, -0.25) is 0 Å². The molecule has 12 rings (SSSR count). The highest BCUT2D eigenvalue weighted by atomic mass is 15.2. The van der Waals surface area contributed by atoms with E-state index in [-0.39, 0.29) is 28.4 Å². The lowest BCUT2D eigenvalue weighted by atomic mass is 9.33. The molecule has 0 atom stereocenters. The van der Waals surface area contributed by atoms with Crippen molar-refractivity contribution in [1.82, 2.24) is 4.57 Å². The van der Waals surface area contributed by atoms with Crippen molar-refractivity contribution in [2.45, 2.75) is 119 Å². The summed E-state index contributed by atoms with van der Waals surface area (Å²) in [5.41, 5.74) is 26.9. The standard InChI is InChI=1S/C72H72BN3/c1-45-25-29-62-58(33-45)59-34-46(2)26-30-63(59)74(62)57-43-66-68-67(44-57)76(56-41-53(71(9,10)11)38-54(42-56)72(12,13)14)65-32-28-50(48-23-19-16-20-24-48)36-61(65)73(68)60-35-49(47-21-17-15-18-22-47)27-31-64(60)75(66)55-39-51(69(3,4)5)37-52(40-55)70(6,7)8/h15-44H,1-14H3. The Morgan fingerprint density at radius 1 is 0.316 bits per heavy atom. The van der Waals surface area contributed by atoms with Crippen LogP contribution in [0.2, 0.25) is 0 Å². The minimum atomic E-state index is -0.104. The number of fused-ring (bicyclic) bond motifs is 7. The average Bonchev–Trinajstić information content (AvgIpc) is 3.79. The third-order valence-electron chi connectivity index (χ3n) is 16.4. The predicted octanol–water partition coefficient (Wildman–Crippen LogP) is 18.0. The number of rotatable bonds is 5. The minimum Gasteiger partial charge on any atom is -0.311 e. The van der Waals surface area contributed by atoms with Gasteiger partial charge in [0.2, 0.25) is 0 Å². The Hall–Kier alpha value is -7.56. The Kier molecular flexibility index (Phi) is 11.4. The van der Waals surface area contributed by atoms with Crippen molar-refractivity contribution in [3.8, 4) is 27.9 Å². The molecule has 9 aromatic carbocycles. The second-order valence-electron chi connectivity index (χ2n) is 26.2. The fourth-order valence-corrected chi connectivity index (χ4v) is 12.0. The second kappa shape index (κ2) is 17.5. The maximum atomic E-state index is 2.64. The number of nitrogens with zero attached hydrogens (tertiary/aromatic N) is 3. The van der Waals surface area contributed by atoms with E-state index >= 15 is 0 Å². The molecule has 1 aromatic heterocycles.